The number of likely N-dealkylation sites (tertiary alicyclic amines) is 1. The molecule has 8 heteroatoms. The maximum absolute atomic E-state index is 13.0. The molecule has 4 aromatic rings. The molecule has 1 aliphatic rings. The molecule has 0 radical (unpaired) electrons. The van der Waals surface area contributed by atoms with Gasteiger partial charge in [0.2, 0.25) is 5.91 Å². The van der Waals surface area contributed by atoms with Crippen LogP contribution in [0.4, 0.5) is 16.2 Å². The van der Waals surface area contributed by atoms with Gasteiger partial charge in [-0.15, -0.1) is 0 Å². The second-order valence-corrected chi connectivity index (χ2v) is 11.4. The van der Waals surface area contributed by atoms with Crippen LogP contribution in [0.1, 0.15) is 40.7 Å². The van der Waals surface area contributed by atoms with Crippen LogP contribution < -0.4 is 15.5 Å². The van der Waals surface area contributed by atoms with Crippen molar-refractivity contribution in [3.05, 3.63) is 120 Å². The molecule has 0 aromatic heterocycles. The molecule has 8 nitrogen and oxygen atoms in total. The first-order valence-corrected chi connectivity index (χ1v) is 15.4. The molecule has 1 heterocycles. The van der Waals surface area contributed by atoms with E-state index in [4.69, 9.17) is 4.74 Å². The molecule has 3 amide bonds. The van der Waals surface area contributed by atoms with Gasteiger partial charge in [0.05, 0.1) is 5.69 Å². The van der Waals surface area contributed by atoms with Crippen LogP contribution in [0.5, 0.6) is 0 Å². The van der Waals surface area contributed by atoms with Crippen molar-refractivity contribution < 1.29 is 19.1 Å². The van der Waals surface area contributed by atoms with Crippen molar-refractivity contribution in [3.63, 3.8) is 0 Å². The number of hydrogen-bond acceptors (Lipinski definition) is 5. The van der Waals surface area contributed by atoms with E-state index in [0.717, 1.165) is 35.3 Å². The van der Waals surface area contributed by atoms with Crippen molar-refractivity contribution in [3.8, 4) is 11.1 Å². The number of ether oxygens (including phenoxy) is 1. The molecule has 1 aliphatic heterocycles. The predicted molar refractivity (Wildman–Crippen MR) is 178 cm³/mol. The van der Waals surface area contributed by atoms with Gasteiger partial charge in [0.25, 0.3) is 5.91 Å². The van der Waals surface area contributed by atoms with Crippen molar-refractivity contribution in [1.29, 1.82) is 0 Å². The average Bonchev–Trinajstić information content (AvgIpc) is 3.07. The second-order valence-electron chi connectivity index (χ2n) is 11.4. The number of para-hydroxylation sites is 1. The fourth-order valence-electron chi connectivity index (χ4n) is 5.53. The number of carbonyl (C=O) groups is 3. The van der Waals surface area contributed by atoms with E-state index in [0.29, 0.717) is 49.3 Å². The average molecular weight is 605 g/mol. The van der Waals surface area contributed by atoms with Gasteiger partial charge in [-0.2, -0.15) is 0 Å². The van der Waals surface area contributed by atoms with E-state index in [9.17, 15) is 14.4 Å². The number of nitrogens with zero attached hydrogens (tertiary/aromatic N) is 2. The van der Waals surface area contributed by atoms with E-state index < -0.39 is 6.09 Å². The summed E-state index contributed by atoms with van der Waals surface area (Å²) in [5.41, 5.74) is 6.04. The number of anilines is 2. The Labute approximate surface area is 265 Å². The first-order valence-electron chi connectivity index (χ1n) is 15.4. The van der Waals surface area contributed by atoms with Crippen LogP contribution in [0.15, 0.2) is 103 Å². The summed E-state index contributed by atoms with van der Waals surface area (Å²) in [6, 6.07) is 32.7. The summed E-state index contributed by atoms with van der Waals surface area (Å²) in [7, 11) is 1.74. The molecular weight excluding hydrogens is 564 g/mol. The summed E-state index contributed by atoms with van der Waals surface area (Å²) in [6.07, 6.45) is 1.13. The maximum atomic E-state index is 13.0. The minimum absolute atomic E-state index is 0.0258. The summed E-state index contributed by atoms with van der Waals surface area (Å²) in [5, 5.41) is 5.87. The summed E-state index contributed by atoms with van der Waals surface area (Å²) < 4.78 is 5.75. The number of piperidine rings is 1. The monoisotopic (exact) mass is 604 g/mol. The number of rotatable bonds is 10. The maximum Gasteiger partial charge on any atom is 0.411 e. The first-order chi connectivity index (χ1) is 21.9. The Morgan fingerprint density at radius 1 is 0.867 bits per heavy atom. The highest BCUT2D eigenvalue weighted by atomic mass is 16.6. The quantitative estimate of drug-likeness (QED) is 0.211. The zero-order chi connectivity index (χ0) is 31.6. The van der Waals surface area contributed by atoms with E-state index in [2.05, 4.69) is 15.5 Å². The lowest BCUT2D eigenvalue weighted by Gasteiger charge is -2.31. The van der Waals surface area contributed by atoms with E-state index in [1.54, 1.807) is 30.1 Å². The lowest BCUT2D eigenvalue weighted by Crippen LogP contribution is -2.40. The highest BCUT2D eigenvalue weighted by Crippen LogP contribution is 2.28. The van der Waals surface area contributed by atoms with Gasteiger partial charge in [-0.05, 0) is 55.2 Å². The number of carbonyl (C=O) groups excluding carboxylic acids is 3. The molecule has 45 heavy (non-hydrogen) atoms. The van der Waals surface area contributed by atoms with E-state index >= 15 is 0 Å². The van der Waals surface area contributed by atoms with Gasteiger partial charge in [0, 0.05) is 56.5 Å². The molecule has 0 unspecified atom stereocenters. The lowest BCUT2D eigenvalue weighted by molar-refractivity contribution is -0.118. The van der Waals surface area contributed by atoms with Gasteiger partial charge in [-0.25, -0.2) is 4.79 Å². The largest absolute Gasteiger partial charge is 0.446 e. The Bertz CT molecular complexity index is 1620. The van der Waals surface area contributed by atoms with Gasteiger partial charge in [0.1, 0.15) is 6.10 Å². The van der Waals surface area contributed by atoms with Crippen LogP contribution in [-0.2, 0) is 16.1 Å². The minimum atomic E-state index is -0.459. The zero-order valence-electron chi connectivity index (χ0n) is 25.9. The predicted octanol–water partition coefficient (Wildman–Crippen LogP) is 6.66. The molecule has 2 N–H and O–H groups in total. The molecule has 232 valence electrons. The number of benzene rings is 4. The van der Waals surface area contributed by atoms with Gasteiger partial charge in [-0.1, -0.05) is 84.4 Å². The molecule has 1 saturated heterocycles. The van der Waals surface area contributed by atoms with Crippen molar-refractivity contribution in [2.75, 3.05) is 36.9 Å². The normalized spacial score (nSPS) is 13.6. The van der Waals surface area contributed by atoms with E-state index in [-0.39, 0.29) is 17.9 Å². The van der Waals surface area contributed by atoms with E-state index in [1.807, 2.05) is 91.9 Å². The minimum Gasteiger partial charge on any atom is -0.446 e. The fraction of sp³-hybridized carbons (Fsp3) is 0.270. The van der Waals surface area contributed by atoms with Crippen molar-refractivity contribution in [2.24, 2.45) is 0 Å². The Hall–Kier alpha value is -4.95. The van der Waals surface area contributed by atoms with Crippen molar-refractivity contribution in [1.82, 2.24) is 10.2 Å². The van der Waals surface area contributed by atoms with Crippen LogP contribution in [0.3, 0.4) is 0 Å². The van der Waals surface area contributed by atoms with Crippen LogP contribution in [0.2, 0.25) is 0 Å². The smallest absolute Gasteiger partial charge is 0.411 e. The molecule has 0 saturated carbocycles. The summed E-state index contributed by atoms with van der Waals surface area (Å²) in [5.74, 6) is -0.208. The van der Waals surface area contributed by atoms with Gasteiger partial charge >= 0.3 is 6.09 Å². The van der Waals surface area contributed by atoms with Gasteiger partial charge in [0.15, 0.2) is 0 Å². The SMILES string of the molecule is Cc1cccc(CNC(=O)c2cccc(N(C)C(=O)CCN3CCC(OC(=O)Nc4ccccc4-c4ccccc4)CC3)c2)c1. The highest BCUT2D eigenvalue weighted by molar-refractivity contribution is 5.98. The Morgan fingerprint density at radius 2 is 1.60 bits per heavy atom. The van der Waals surface area contributed by atoms with Crippen LogP contribution in [0.25, 0.3) is 11.1 Å². The second kappa shape index (κ2) is 15.2. The molecule has 1 fully saturated rings. The van der Waals surface area contributed by atoms with Crippen molar-refractivity contribution >= 4 is 29.3 Å². The van der Waals surface area contributed by atoms with E-state index in [1.165, 1.54) is 0 Å². The Morgan fingerprint density at radius 3 is 2.38 bits per heavy atom. The number of nitrogens with one attached hydrogen (secondary N) is 2. The third kappa shape index (κ3) is 8.80. The zero-order valence-corrected chi connectivity index (χ0v) is 25.9. The first kappa shape index (κ1) is 31.5. The highest BCUT2D eigenvalue weighted by Gasteiger charge is 2.24. The third-order valence-corrected chi connectivity index (χ3v) is 8.10. The molecule has 4 aromatic carbocycles. The Kier molecular flexibility index (Phi) is 10.6. The summed E-state index contributed by atoms with van der Waals surface area (Å²) in [6.45, 7) is 4.56. The standard InChI is InChI=1S/C37H40N4O4/c1-27-10-8-11-28(24-27)26-38-36(43)30-14-9-15-31(25-30)40(2)35(42)20-23-41-21-18-32(19-22-41)45-37(44)39-34-17-7-6-16-33(34)29-12-4-3-5-13-29/h3-17,24-25,32H,18-23,26H2,1-2H3,(H,38,43)(H,39,44). The summed E-state index contributed by atoms with van der Waals surface area (Å²) >= 11 is 0. The topological polar surface area (TPSA) is 91.0 Å². The van der Waals surface area contributed by atoms with Gasteiger partial charge in [-0.3, -0.25) is 14.9 Å². The molecule has 0 aliphatic carbocycles. The molecule has 5 rings (SSSR count). The molecular formula is C37H40N4O4. The van der Waals surface area contributed by atoms with Gasteiger partial charge < -0.3 is 19.9 Å². The molecule has 0 spiro atoms. The van der Waals surface area contributed by atoms with Crippen LogP contribution in [-0.4, -0.2) is 55.6 Å². The third-order valence-electron chi connectivity index (χ3n) is 8.10. The number of amides is 3. The molecule has 0 bridgehead atoms. The fourth-order valence-corrected chi connectivity index (χ4v) is 5.53. The summed E-state index contributed by atoms with van der Waals surface area (Å²) in [4.78, 5) is 42.4. The lowest BCUT2D eigenvalue weighted by atomic mass is 10.0. The molecule has 0 atom stereocenters. The Balaban J connectivity index is 1.05. The van der Waals surface area contributed by atoms with Crippen molar-refractivity contribution in [2.45, 2.75) is 38.8 Å². The van der Waals surface area contributed by atoms with Crippen LogP contribution >= 0.6 is 0 Å². The van der Waals surface area contributed by atoms with Crippen LogP contribution in [0, 0.1) is 6.92 Å². The number of aryl methyl sites for hydroxylation is 1. The number of hydrogen-bond donors (Lipinski definition) is 2.